The van der Waals surface area contributed by atoms with E-state index in [0.29, 0.717) is 13.2 Å². The molecule has 0 aliphatic rings. The van der Waals surface area contributed by atoms with Crippen molar-refractivity contribution in [3.63, 3.8) is 0 Å². The highest BCUT2D eigenvalue weighted by atomic mass is 16.5. The predicted octanol–water partition coefficient (Wildman–Crippen LogP) is 2.55. The fourth-order valence-corrected chi connectivity index (χ4v) is 1.06. The van der Waals surface area contributed by atoms with Crippen LogP contribution in [0.1, 0.15) is 25.8 Å². The van der Waals surface area contributed by atoms with Gasteiger partial charge in [-0.1, -0.05) is 50.6 Å². The SMILES string of the molecule is CCC.CNCCNC(=O)OCc1ccccc1. The quantitative estimate of drug-likeness (QED) is 0.792. The van der Waals surface area contributed by atoms with E-state index < -0.39 is 0 Å². The molecular weight excluding hydrogens is 228 g/mol. The molecule has 18 heavy (non-hydrogen) atoms. The van der Waals surface area contributed by atoms with Crippen molar-refractivity contribution in [3.05, 3.63) is 35.9 Å². The van der Waals surface area contributed by atoms with Gasteiger partial charge in [0.1, 0.15) is 6.61 Å². The summed E-state index contributed by atoms with van der Waals surface area (Å²) in [6, 6.07) is 9.59. The third kappa shape index (κ3) is 9.66. The predicted molar refractivity (Wildman–Crippen MR) is 74.5 cm³/mol. The first kappa shape index (κ1) is 16.4. The molecule has 0 aromatic heterocycles. The molecule has 0 radical (unpaired) electrons. The maximum Gasteiger partial charge on any atom is 0.407 e. The number of ether oxygens (including phenoxy) is 1. The highest BCUT2D eigenvalue weighted by Crippen LogP contribution is 2.00. The van der Waals surface area contributed by atoms with Gasteiger partial charge in [0.2, 0.25) is 0 Å². The van der Waals surface area contributed by atoms with Crippen molar-refractivity contribution < 1.29 is 9.53 Å². The minimum atomic E-state index is -0.380. The number of carbonyl (C=O) groups excluding carboxylic acids is 1. The average Bonchev–Trinajstić information content (AvgIpc) is 2.39. The Morgan fingerprint density at radius 3 is 2.33 bits per heavy atom. The summed E-state index contributed by atoms with van der Waals surface area (Å²) in [7, 11) is 1.83. The summed E-state index contributed by atoms with van der Waals surface area (Å²) in [6.07, 6.45) is 0.870. The molecule has 1 rings (SSSR count). The van der Waals surface area contributed by atoms with Gasteiger partial charge in [-0.15, -0.1) is 0 Å². The Labute approximate surface area is 110 Å². The minimum Gasteiger partial charge on any atom is -0.445 e. The van der Waals surface area contributed by atoms with Crippen LogP contribution in [-0.2, 0) is 11.3 Å². The minimum absolute atomic E-state index is 0.312. The summed E-state index contributed by atoms with van der Waals surface area (Å²) in [4.78, 5) is 11.1. The van der Waals surface area contributed by atoms with Gasteiger partial charge in [0, 0.05) is 13.1 Å². The molecule has 0 heterocycles. The molecule has 0 bridgehead atoms. The van der Waals surface area contributed by atoms with Crippen molar-refractivity contribution >= 4 is 6.09 Å². The number of likely N-dealkylation sites (N-methyl/N-ethyl adjacent to an activating group) is 1. The maximum atomic E-state index is 11.1. The number of benzene rings is 1. The fourth-order valence-electron chi connectivity index (χ4n) is 1.06. The Morgan fingerprint density at radius 2 is 1.78 bits per heavy atom. The third-order valence-electron chi connectivity index (χ3n) is 1.86. The zero-order chi connectivity index (χ0) is 13.6. The molecule has 1 amide bonds. The van der Waals surface area contributed by atoms with E-state index in [4.69, 9.17) is 4.74 Å². The Bertz CT molecular complexity index is 302. The van der Waals surface area contributed by atoms with Gasteiger partial charge < -0.3 is 15.4 Å². The van der Waals surface area contributed by atoms with E-state index in [-0.39, 0.29) is 6.09 Å². The van der Waals surface area contributed by atoms with Crippen LogP contribution in [0.2, 0.25) is 0 Å². The van der Waals surface area contributed by atoms with Gasteiger partial charge in [0.05, 0.1) is 0 Å². The van der Waals surface area contributed by atoms with Gasteiger partial charge in [0.15, 0.2) is 0 Å². The summed E-state index contributed by atoms with van der Waals surface area (Å²) >= 11 is 0. The van der Waals surface area contributed by atoms with Crippen LogP contribution in [0.25, 0.3) is 0 Å². The van der Waals surface area contributed by atoms with Gasteiger partial charge in [-0.05, 0) is 12.6 Å². The topological polar surface area (TPSA) is 50.4 Å². The van der Waals surface area contributed by atoms with Crippen molar-refractivity contribution in [1.29, 1.82) is 0 Å². The van der Waals surface area contributed by atoms with E-state index in [2.05, 4.69) is 24.5 Å². The monoisotopic (exact) mass is 252 g/mol. The summed E-state index contributed by atoms with van der Waals surface area (Å²) in [5.74, 6) is 0. The number of amides is 1. The van der Waals surface area contributed by atoms with Gasteiger partial charge in [-0.2, -0.15) is 0 Å². The first-order valence-electron chi connectivity index (χ1n) is 6.33. The van der Waals surface area contributed by atoms with Crippen LogP contribution >= 0.6 is 0 Å². The lowest BCUT2D eigenvalue weighted by atomic mass is 10.2. The molecule has 1 aromatic carbocycles. The Kier molecular flexibility index (Phi) is 10.9. The van der Waals surface area contributed by atoms with Crippen molar-refractivity contribution in [2.75, 3.05) is 20.1 Å². The molecule has 0 atom stereocenters. The zero-order valence-corrected chi connectivity index (χ0v) is 11.5. The van der Waals surface area contributed by atoms with E-state index in [1.807, 2.05) is 37.4 Å². The molecule has 1 aromatic rings. The summed E-state index contributed by atoms with van der Waals surface area (Å²) in [5, 5.41) is 5.56. The zero-order valence-electron chi connectivity index (χ0n) is 11.5. The number of hydrogen-bond donors (Lipinski definition) is 2. The second kappa shape index (κ2) is 11.9. The molecule has 0 fully saturated rings. The number of nitrogens with one attached hydrogen (secondary N) is 2. The number of rotatable bonds is 5. The highest BCUT2D eigenvalue weighted by molar-refractivity contribution is 5.67. The van der Waals surface area contributed by atoms with Crippen molar-refractivity contribution in [2.45, 2.75) is 26.9 Å². The van der Waals surface area contributed by atoms with Crippen LogP contribution in [-0.4, -0.2) is 26.2 Å². The van der Waals surface area contributed by atoms with Crippen LogP contribution in [0.3, 0.4) is 0 Å². The van der Waals surface area contributed by atoms with Crippen molar-refractivity contribution in [3.8, 4) is 0 Å². The van der Waals surface area contributed by atoms with E-state index in [1.54, 1.807) is 0 Å². The van der Waals surface area contributed by atoms with E-state index in [1.165, 1.54) is 6.42 Å². The molecule has 102 valence electrons. The summed E-state index contributed by atoms with van der Waals surface area (Å²) in [6.45, 7) is 5.87. The second-order valence-electron chi connectivity index (χ2n) is 3.80. The van der Waals surface area contributed by atoms with Crippen molar-refractivity contribution in [1.82, 2.24) is 10.6 Å². The van der Waals surface area contributed by atoms with Crippen LogP contribution < -0.4 is 10.6 Å². The molecule has 0 aliphatic heterocycles. The second-order valence-corrected chi connectivity index (χ2v) is 3.80. The average molecular weight is 252 g/mol. The fraction of sp³-hybridized carbons (Fsp3) is 0.500. The molecule has 0 unspecified atom stereocenters. The number of carbonyl (C=O) groups is 1. The lowest BCUT2D eigenvalue weighted by Crippen LogP contribution is -2.30. The highest BCUT2D eigenvalue weighted by Gasteiger charge is 2.00. The van der Waals surface area contributed by atoms with Gasteiger partial charge in [-0.3, -0.25) is 0 Å². The number of alkyl carbamates (subject to hydrolysis) is 1. The van der Waals surface area contributed by atoms with Gasteiger partial charge in [-0.25, -0.2) is 4.79 Å². The summed E-state index contributed by atoms with van der Waals surface area (Å²) < 4.78 is 5.00. The Balaban J connectivity index is 0.000000873. The largest absolute Gasteiger partial charge is 0.445 e. The standard InChI is InChI=1S/C11H16N2O2.C3H8/c1-12-7-8-13-11(14)15-9-10-5-3-2-4-6-10;1-3-2/h2-6,12H,7-9H2,1H3,(H,13,14);3H2,1-2H3. The molecule has 0 spiro atoms. The first-order valence-corrected chi connectivity index (χ1v) is 6.33. The Hall–Kier alpha value is -1.55. The molecule has 2 N–H and O–H groups in total. The molecule has 4 nitrogen and oxygen atoms in total. The van der Waals surface area contributed by atoms with Crippen LogP contribution in [0.15, 0.2) is 30.3 Å². The van der Waals surface area contributed by atoms with Crippen LogP contribution in [0.4, 0.5) is 4.79 Å². The maximum absolute atomic E-state index is 11.1. The van der Waals surface area contributed by atoms with Gasteiger partial charge >= 0.3 is 6.09 Å². The Morgan fingerprint density at radius 1 is 1.17 bits per heavy atom. The van der Waals surface area contributed by atoms with Crippen LogP contribution in [0, 0.1) is 0 Å². The first-order chi connectivity index (χ1) is 8.74. The van der Waals surface area contributed by atoms with E-state index >= 15 is 0 Å². The molecule has 0 aliphatic carbocycles. The van der Waals surface area contributed by atoms with Crippen molar-refractivity contribution in [2.24, 2.45) is 0 Å². The normalized spacial score (nSPS) is 9.06. The number of hydrogen-bond acceptors (Lipinski definition) is 3. The lowest BCUT2D eigenvalue weighted by Gasteiger charge is -2.06. The molecule has 4 heteroatoms. The van der Waals surface area contributed by atoms with Gasteiger partial charge in [0.25, 0.3) is 0 Å². The summed E-state index contributed by atoms with van der Waals surface area (Å²) in [5.41, 5.74) is 0.987. The smallest absolute Gasteiger partial charge is 0.407 e. The molecule has 0 saturated carbocycles. The van der Waals surface area contributed by atoms with E-state index in [0.717, 1.165) is 12.1 Å². The molecule has 0 saturated heterocycles. The van der Waals surface area contributed by atoms with Crippen LogP contribution in [0.5, 0.6) is 0 Å². The van der Waals surface area contributed by atoms with E-state index in [9.17, 15) is 4.79 Å². The molecular formula is C14H24N2O2. The lowest BCUT2D eigenvalue weighted by molar-refractivity contribution is 0.140. The third-order valence-corrected chi connectivity index (χ3v) is 1.86.